The lowest BCUT2D eigenvalue weighted by Gasteiger charge is -2.10. The molecule has 0 aliphatic heterocycles. The summed E-state index contributed by atoms with van der Waals surface area (Å²) < 4.78 is 23.5. The third-order valence-corrected chi connectivity index (χ3v) is 4.05. The van der Waals surface area contributed by atoms with Crippen LogP contribution in [0.5, 0.6) is 0 Å². The second-order valence-corrected chi connectivity index (χ2v) is 5.97. The van der Waals surface area contributed by atoms with Crippen LogP contribution in [0.2, 0.25) is 5.02 Å². The van der Waals surface area contributed by atoms with E-state index in [0.29, 0.717) is 11.3 Å². The van der Waals surface area contributed by atoms with Gasteiger partial charge in [-0.05, 0) is 24.3 Å². The first kappa shape index (κ1) is 20.5. The number of rotatable bonds is 7. The zero-order valence-corrected chi connectivity index (χ0v) is 15.8. The van der Waals surface area contributed by atoms with Gasteiger partial charge in [0.05, 0.1) is 30.6 Å². The summed E-state index contributed by atoms with van der Waals surface area (Å²) in [5.74, 6) is -0.892. The highest BCUT2D eigenvalue weighted by molar-refractivity contribution is 6.58. The number of halogens is 3. The number of esters is 1. The van der Waals surface area contributed by atoms with Crippen LogP contribution in [-0.4, -0.2) is 18.8 Å². The van der Waals surface area contributed by atoms with Crippen molar-refractivity contribution in [2.24, 2.45) is 10.7 Å². The largest absolute Gasteiger partial charge is 0.467 e. The molecule has 0 bridgehead atoms. The quantitative estimate of drug-likeness (QED) is 0.533. The molecule has 9 heteroatoms. The second kappa shape index (κ2) is 9.25. The second-order valence-electron chi connectivity index (χ2n) is 5.19. The molecule has 0 atom stereocenters. The van der Waals surface area contributed by atoms with Gasteiger partial charge in [0.25, 0.3) is 0 Å². The molecule has 0 fully saturated rings. The Morgan fingerprint density at radius 2 is 2.19 bits per heavy atom. The van der Waals surface area contributed by atoms with E-state index in [0.717, 1.165) is 6.07 Å². The van der Waals surface area contributed by atoms with Crippen molar-refractivity contribution in [1.82, 2.24) is 5.32 Å². The molecule has 6 nitrogen and oxygen atoms in total. The summed E-state index contributed by atoms with van der Waals surface area (Å²) in [6.45, 7) is 3.96. The summed E-state index contributed by atoms with van der Waals surface area (Å²) in [5, 5.41) is 2.58. The van der Waals surface area contributed by atoms with E-state index in [9.17, 15) is 9.18 Å². The maximum atomic E-state index is 13.6. The normalized spacial score (nSPS) is 12.4. The number of nitrogens with two attached hydrogens (primary N) is 1. The molecule has 142 valence electrons. The molecule has 0 saturated heterocycles. The molecule has 1 aromatic carbocycles. The number of furan rings is 1. The van der Waals surface area contributed by atoms with Gasteiger partial charge in [-0.3, -0.25) is 0 Å². The van der Waals surface area contributed by atoms with Gasteiger partial charge in [-0.2, -0.15) is 0 Å². The minimum Gasteiger partial charge on any atom is -0.467 e. The highest BCUT2D eigenvalue weighted by Gasteiger charge is 2.20. The van der Waals surface area contributed by atoms with E-state index in [2.05, 4.69) is 21.6 Å². The molecule has 0 unspecified atom stereocenters. The molecular formula is C18H16Cl2FN3O3. The summed E-state index contributed by atoms with van der Waals surface area (Å²) in [6, 6.07) is 7.44. The number of ether oxygens (including phenoxy) is 1. The number of methoxy groups -OCH3 is 1. The third kappa shape index (κ3) is 5.35. The first-order valence-electron chi connectivity index (χ1n) is 7.56. The first-order valence-corrected chi connectivity index (χ1v) is 8.32. The number of nitrogens with one attached hydrogen (secondary N) is 1. The van der Waals surface area contributed by atoms with E-state index in [4.69, 9.17) is 33.4 Å². The Morgan fingerprint density at radius 1 is 1.44 bits per heavy atom. The number of hydrogen-bond donors (Lipinski definition) is 2. The fraction of sp³-hybridized carbons (Fsp3) is 0.111. The summed E-state index contributed by atoms with van der Waals surface area (Å²) >= 11 is 11.9. The van der Waals surface area contributed by atoms with E-state index in [1.807, 2.05) is 0 Å². The highest BCUT2D eigenvalue weighted by atomic mass is 35.5. The standard InChI is InChI=1S/C18H16Cl2FN3O3/c1-10(11-5-6-13(19)14(21)8-11)24-16(18(25)26-2)15(20)17(22)23-9-12-4-3-7-27-12/h3-8,23H,1,9,22H2,2H3/b17-15-,24-16+. The fourth-order valence-electron chi connectivity index (χ4n) is 1.96. The van der Waals surface area contributed by atoms with Gasteiger partial charge in [-0.1, -0.05) is 35.8 Å². The van der Waals surface area contributed by atoms with Crippen molar-refractivity contribution in [2.75, 3.05) is 7.11 Å². The predicted octanol–water partition coefficient (Wildman–Crippen LogP) is 3.81. The van der Waals surface area contributed by atoms with Crippen molar-refractivity contribution < 1.29 is 18.3 Å². The Bertz CT molecular complexity index is 909. The van der Waals surface area contributed by atoms with Crippen LogP contribution in [0.4, 0.5) is 4.39 Å². The van der Waals surface area contributed by atoms with Gasteiger partial charge in [0, 0.05) is 5.56 Å². The summed E-state index contributed by atoms with van der Waals surface area (Å²) in [6.07, 6.45) is 1.51. The third-order valence-electron chi connectivity index (χ3n) is 3.36. The van der Waals surface area contributed by atoms with Crippen molar-refractivity contribution in [1.29, 1.82) is 0 Å². The molecule has 2 aromatic rings. The zero-order chi connectivity index (χ0) is 20.0. The van der Waals surface area contributed by atoms with E-state index in [1.54, 1.807) is 12.1 Å². The molecule has 0 aliphatic rings. The SMILES string of the molecule is C=C(/N=C(C(=O)OC)\C(Cl)=C(/N)NCc1ccco1)c1ccc(Cl)c(F)c1. The van der Waals surface area contributed by atoms with Crippen LogP contribution in [-0.2, 0) is 16.1 Å². The van der Waals surface area contributed by atoms with Crippen LogP contribution in [0, 0.1) is 5.82 Å². The molecule has 27 heavy (non-hydrogen) atoms. The minimum absolute atomic E-state index is 0.0210. The van der Waals surface area contributed by atoms with Crippen LogP contribution >= 0.6 is 23.2 Å². The Kier molecular flexibility index (Phi) is 7.04. The molecule has 0 radical (unpaired) electrons. The van der Waals surface area contributed by atoms with E-state index < -0.39 is 11.8 Å². The maximum absolute atomic E-state index is 13.6. The molecule has 1 heterocycles. The van der Waals surface area contributed by atoms with Crippen molar-refractivity contribution in [3.8, 4) is 0 Å². The molecule has 0 saturated carbocycles. The van der Waals surface area contributed by atoms with Gasteiger partial charge in [0.1, 0.15) is 22.4 Å². The fourth-order valence-corrected chi connectivity index (χ4v) is 2.26. The Hall–Kier alpha value is -2.77. The van der Waals surface area contributed by atoms with Crippen LogP contribution in [0.25, 0.3) is 5.70 Å². The number of hydrogen-bond acceptors (Lipinski definition) is 6. The molecule has 3 N–H and O–H groups in total. The van der Waals surface area contributed by atoms with Gasteiger partial charge in [0.2, 0.25) is 0 Å². The topological polar surface area (TPSA) is 89.8 Å². The van der Waals surface area contributed by atoms with Gasteiger partial charge in [-0.15, -0.1) is 0 Å². The molecule has 0 aliphatic carbocycles. The van der Waals surface area contributed by atoms with Crippen molar-refractivity contribution in [3.05, 3.63) is 76.2 Å². The Balaban J connectivity index is 2.30. The summed E-state index contributed by atoms with van der Waals surface area (Å²) in [4.78, 5) is 16.1. The van der Waals surface area contributed by atoms with Crippen LogP contribution < -0.4 is 11.1 Å². The zero-order valence-electron chi connectivity index (χ0n) is 14.3. The molecule has 2 rings (SSSR count). The number of benzene rings is 1. The van der Waals surface area contributed by atoms with Gasteiger partial charge in [-0.25, -0.2) is 14.2 Å². The van der Waals surface area contributed by atoms with Crippen LogP contribution in [0.3, 0.4) is 0 Å². The lowest BCUT2D eigenvalue weighted by atomic mass is 10.1. The lowest BCUT2D eigenvalue weighted by Crippen LogP contribution is -2.26. The molecule has 1 aromatic heterocycles. The minimum atomic E-state index is -0.835. The summed E-state index contributed by atoms with van der Waals surface area (Å²) in [5.41, 5.74) is 5.98. The maximum Gasteiger partial charge on any atom is 0.358 e. The average Bonchev–Trinajstić information content (AvgIpc) is 3.18. The van der Waals surface area contributed by atoms with E-state index in [1.165, 1.54) is 25.5 Å². The number of carbonyl (C=O) groups excluding carboxylic acids is 1. The number of aliphatic imine (C=N–C) groups is 1. The molecule has 0 amide bonds. The summed E-state index contributed by atoms with van der Waals surface area (Å²) in [7, 11) is 1.17. The Morgan fingerprint density at radius 3 is 2.78 bits per heavy atom. The smallest absolute Gasteiger partial charge is 0.358 e. The van der Waals surface area contributed by atoms with E-state index in [-0.39, 0.29) is 33.8 Å². The van der Waals surface area contributed by atoms with Gasteiger partial charge >= 0.3 is 5.97 Å². The monoisotopic (exact) mass is 411 g/mol. The first-order chi connectivity index (χ1) is 12.8. The molecular weight excluding hydrogens is 396 g/mol. The van der Waals surface area contributed by atoms with Crippen molar-refractivity contribution >= 4 is 40.6 Å². The highest BCUT2D eigenvalue weighted by Crippen LogP contribution is 2.22. The molecule has 0 spiro atoms. The number of carbonyl (C=O) groups is 1. The lowest BCUT2D eigenvalue weighted by molar-refractivity contribution is -0.132. The van der Waals surface area contributed by atoms with Crippen molar-refractivity contribution in [2.45, 2.75) is 6.54 Å². The van der Waals surface area contributed by atoms with E-state index >= 15 is 0 Å². The number of nitrogens with zero attached hydrogens (tertiary/aromatic N) is 1. The van der Waals surface area contributed by atoms with Gasteiger partial charge in [0.15, 0.2) is 5.71 Å². The van der Waals surface area contributed by atoms with Crippen molar-refractivity contribution in [3.63, 3.8) is 0 Å². The van der Waals surface area contributed by atoms with Crippen LogP contribution in [0.15, 0.2) is 63.4 Å². The van der Waals surface area contributed by atoms with Gasteiger partial charge < -0.3 is 20.2 Å². The Labute approximate surface area is 165 Å². The average molecular weight is 412 g/mol. The predicted molar refractivity (Wildman–Crippen MR) is 103 cm³/mol. The van der Waals surface area contributed by atoms with Crippen LogP contribution in [0.1, 0.15) is 11.3 Å².